The van der Waals surface area contributed by atoms with Gasteiger partial charge in [-0.2, -0.15) is 26.3 Å². The molecule has 3 aromatic rings. The van der Waals surface area contributed by atoms with Crippen molar-refractivity contribution in [3.63, 3.8) is 0 Å². The van der Waals surface area contributed by atoms with E-state index in [1.807, 2.05) is 0 Å². The molecular weight excluding hydrogens is 421 g/mol. The first-order chi connectivity index (χ1) is 13.9. The summed E-state index contributed by atoms with van der Waals surface area (Å²) in [6.07, 6.45) is -10.1. The lowest BCUT2D eigenvalue weighted by Crippen LogP contribution is -2.24. The van der Waals surface area contributed by atoms with E-state index in [9.17, 15) is 35.5 Å². The zero-order valence-corrected chi connectivity index (χ0v) is 14.7. The molecule has 0 aliphatic carbocycles. The highest BCUT2D eigenvalue weighted by Crippen LogP contribution is 2.36. The Bertz CT molecular complexity index is 1020. The predicted octanol–water partition coefficient (Wildman–Crippen LogP) is 5.45. The van der Waals surface area contributed by atoms with E-state index in [2.05, 4.69) is 10.5 Å². The molecule has 1 N–H and O–H groups in total. The molecule has 0 atom stereocenters. The Hall–Kier alpha value is -3.37. The molecule has 0 radical (unpaired) electrons. The van der Waals surface area contributed by atoms with Crippen LogP contribution < -0.4 is 5.32 Å². The highest BCUT2D eigenvalue weighted by molar-refractivity contribution is 5.94. The van der Waals surface area contributed by atoms with Crippen LogP contribution in [-0.2, 0) is 18.9 Å². The van der Waals surface area contributed by atoms with Crippen molar-refractivity contribution in [1.82, 2.24) is 10.5 Å². The molecule has 3 rings (SSSR count). The van der Waals surface area contributed by atoms with Gasteiger partial charge in [0.25, 0.3) is 5.91 Å². The van der Waals surface area contributed by atoms with E-state index < -0.39 is 40.8 Å². The molecule has 0 aliphatic rings. The number of rotatable bonds is 4. The average molecular weight is 432 g/mol. The van der Waals surface area contributed by atoms with Gasteiger partial charge in [0.1, 0.15) is 11.5 Å². The van der Waals surface area contributed by atoms with Gasteiger partial charge in [-0.3, -0.25) is 4.79 Å². The number of amides is 1. The molecule has 0 unspecified atom stereocenters. The second-order valence-electron chi connectivity index (χ2n) is 6.17. The summed E-state index contributed by atoms with van der Waals surface area (Å²) in [5, 5.41) is 5.84. The number of carbonyl (C=O) groups is 1. The Balaban J connectivity index is 1.77. The van der Waals surface area contributed by atoms with Gasteiger partial charge in [-0.25, -0.2) is 4.39 Å². The predicted molar refractivity (Wildman–Crippen MR) is 89.5 cm³/mol. The fourth-order valence-corrected chi connectivity index (χ4v) is 2.50. The van der Waals surface area contributed by atoms with E-state index in [0.717, 1.165) is 0 Å². The van der Waals surface area contributed by atoms with E-state index in [0.29, 0.717) is 17.7 Å². The van der Waals surface area contributed by atoms with Crippen LogP contribution in [0.15, 0.2) is 53.1 Å². The zero-order chi connectivity index (χ0) is 22.1. The van der Waals surface area contributed by atoms with Crippen LogP contribution in [0, 0.1) is 5.82 Å². The first-order valence-electron chi connectivity index (χ1n) is 8.23. The smallest absolute Gasteiger partial charge is 0.356 e. The monoisotopic (exact) mass is 432 g/mol. The molecule has 11 heteroatoms. The lowest BCUT2D eigenvalue weighted by Gasteiger charge is -2.14. The Morgan fingerprint density at radius 2 is 1.47 bits per heavy atom. The lowest BCUT2D eigenvalue weighted by molar-refractivity contribution is -0.143. The van der Waals surface area contributed by atoms with E-state index >= 15 is 0 Å². The number of halogens is 7. The summed E-state index contributed by atoms with van der Waals surface area (Å²) in [6, 6.07) is 7.19. The molecule has 4 nitrogen and oxygen atoms in total. The van der Waals surface area contributed by atoms with Gasteiger partial charge in [-0.15, -0.1) is 0 Å². The van der Waals surface area contributed by atoms with Crippen molar-refractivity contribution in [2.45, 2.75) is 18.9 Å². The van der Waals surface area contributed by atoms with Crippen molar-refractivity contribution in [3.05, 3.63) is 76.7 Å². The quantitative estimate of drug-likeness (QED) is 0.558. The van der Waals surface area contributed by atoms with Crippen molar-refractivity contribution in [2.24, 2.45) is 0 Å². The topological polar surface area (TPSA) is 55.1 Å². The van der Waals surface area contributed by atoms with Crippen molar-refractivity contribution >= 4 is 5.91 Å². The fraction of sp³-hybridized carbons (Fsp3) is 0.158. The van der Waals surface area contributed by atoms with E-state index in [4.69, 9.17) is 4.52 Å². The summed E-state index contributed by atoms with van der Waals surface area (Å²) >= 11 is 0. The molecule has 0 aliphatic heterocycles. The maximum Gasteiger partial charge on any atom is 0.416 e. The third kappa shape index (κ3) is 4.97. The second kappa shape index (κ2) is 7.81. The SMILES string of the molecule is O=C(NCc1cc(-c2ccc(F)cc2)on1)c1cc(C(F)(F)F)cc(C(F)(F)F)c1. The largest absolute Gasteiger partial charge is 0.416 e. The maximum absolute atomic E-state index is 12.9. The van der Waals surface area contributed by atoms with Gasteiger partial charge < -0.3 is 9.84 Å². The van der Waals surface area contributed by atoms with Crippen LogP contribution in [0.2, 0.25) is 0 Å². The molecular formula is C19H11F7N2O2. The second-order valence-corrected chi connectivity index (χ2v) is 6.17. The molecule has 2 aromatic carbocycles. The maximum atomic E-state index is 12.9. The van der Waals surface area contributed by atoms with Crippen LogP contribution in [0.1, 0.15) is 27.2 Å². The minimum absolute atomic E-state index is 0.0661. The molecule has 1 amide bonds. The third-order valence-corrected chi connectivity index (χ3v) is 3.97. The minimum atomic E-state index is -5.06. The van der Waals surface area contributed by atoms with E-state index in [1.165, 1.54) is 30.3 Å². The molecule has 158 valence electrons. The van der Waals surface area contributed by atoms with Crippen LogP contribution >= 0.6 is 0 Å². The summed E-state index contributed by atoms with van der Waals surface area (Å²) in [7, 11) is 0. The number of nitrogens with one attached hydrogen (secondary N) is 1. The summed E-state index contributed by atoms with van der Waals surface area (Å²) in [5.41, 5.74) is -3.36. The lowest BCUT2D eigenvalue weighted by atomic mass is 10.0. The number of alkyl halides is 6. The molecule has 0 saturated carbocycles. The number of aromatic nitrogens is 1. The summed E-state index contributed by atoms with van der Waals surface area (Å²) in [6.45, 7) is -0.318. The summed E-state index contributed by atoms with van der Waals surface area (Å²) < 4.78 is 95.3. The van der Waals surface area contributed by atoms with Gasteiger partial charge in [0, 0.05) is 17.2 Å². The molecule has 0 saturated heterocycles. The van der Waals surface area contributed by atoms with Crippen molar-refractivity contribution in [2.75, 3.05) is 0 Å². The van der Waals surface area contributed by atoms with Gasteiger partial charge in [-0.1, -0.05) is 5.16 Å². The van der Waals surface area contributed by atoms with Crippen molar-refractivity contribution in [1.29, 1.82) is 0 Å². The Kier molecular flexibility index (Phi) is 5.55. The van der Waals surface area contributed by atoms with Crippen LogP contribution in [-0.4, -0.2) is 11.1 Å². The average Bonchev–Trinajstić information content (AvgIpc) is 3.14. The van der Waals surface area contributed by atoms with E-state index in [-0.39, 0.29) is 24.1 Å². The number of benzene rings is 2. The molecule has 30 heavy (non-hydrogen) atoms. The van der Waals surface area contributed by atoms with Gasteiger partial charge in [0.05, 0.1) is 17.7 Å². The first-order valence-corrected chi connectivity index (χ1v) is 8.23. The standard InChI is InChI=1S/C19H11F7N2O2/c20-14-3-1-10(2-4-14)16-8-15(28-30-16)9-27-17(29)11-5-12(18(21,22)23)7-13(6-11)19(24,25)26/h1-8H,9H2,(H,27,29). The van der Waals surface area contributed by atoms with Crippen LogP contribution in [0.3, 0.4) is 0 Å². The minimum Gasteiger partial charge on any atom is -0.356 e. The molecule has 1 aromatic heterocycles. The van der Waals surface area contributed by atoms with Gasteiger partial charge in [-0.05, 0) is 42.5 Å². The zero-order valence-electron chi connectivity index (χ0n) is 14.7. The van der Waals surface area contributed by atoms with Gasteiger partial charge in [0.15, 0.2) is 5.76 Å². The van der Waals surface area contributed by atoms with Crippen LogP contribution in [0.5, 0.6) is 0 Å². The first kappa shape index (κ1) is 21.3. The molecule has 0 fully saturated rings. The third-order valence-electron chi connectivity index (χ3n) is 3.97. The van der Waals surface area contributed by atoms with E-state index in [1.54, 1.807) is 0 Å². The Morgan fingerprint density at radius 3 is 2.00 bits per heavy atom. The highest BCUT2D eigenvalue weighted by atomic mass is 19.4. The fourth-order valence-electron chi connectivity index (χ4n) is 2.50. The van der Waals surface area contributed by atoms with Crippen molar-refractivity contribution in [3.8, 4) is 11.3 Å². The highest BCUT2D eigenvalue weighted by Gasteiger charge is 2.37. The number of hydrogen-bond donors (Lipinski definition) is 1. The number of hydrogen-bond acceptors (Lipinski definition) is 3. The van der Waals surface area contributed by atoms with Gasteiger partial charge >= 0.3 is 12.4 Å². The van der Waals surface area contributed by atoms with Crippen molar-refractivity contribution < 1.29 is 40.1 Å². The van der Waals surface area contributed by atoms with Crippen LogP contribution in [0.4, 0.5) is 30.7 Å². The summed E-state index contributed by atoms with van der Waals surface area (Å²) in [5.74, 6) is -1.39. The molecule has 0 bridgehead atoms. The number of nitrogens with zero attached hydrogens (tertiary/aromatic N) is 1. The molecule has 1 heterocycles. The Morgan fingerprint density at radius 1 is 0.900 bits per heavy atom. The molecule has 0 spiro atoms. The normalized spacial score (nSPS) is 12.1. The Labute approximate surface area is 164 Å². The number of carbonyl (C=O) groups excluding carboxylic acids is 1. The van der Waals surface area contributed by atoms with Crippen LogP contribution in [0.25, 0.3) is 11.3 Å². The summed E-state index contributed by atoms with van der Waals surface area (Å²) in [4.78, 5) is 12.1. The van der Waals surface area contributed by atoms with Gasteiger partial charge in [0.2, 0.25) is 0 Å².